The summed E-state index contributed by atoms with van der Waals surface area (Å²) in [6, 6.07) is 2.48. The van der Waals surface area contributed by atoms with Crippen molar-refractivity contribution in [1.82, 2.24) is 0 Å². The van der Waals surface area contributed by atoms with Crippen LogP contribution in [0.4, 0.5) is 8.78 Å². The van der Waals surface area contributed by atoms with E-state index < -0.39 is 11.6 Å². The Morgan fingerprint density at radius 1 is 1.42 bits per heavy atom. The van der Waals surface area contributed by atoms with Crippen molar-refractivity contribution >= 4 is 21.7 Å². The average Bonchev–Trinajstić information content (AvgIpc) is 2.40. The number of hydrogen-bond donors (Lipinski definition) is 0. The Balaban J connectivity index is 2.18. The number of hydrogen-bond acceptors (Lipinski definition) is 1. The zero-order chi connectivity index (χ0) is 14.0. The van der Waals surface area contributed by atoms with Crippen LogP contribution < -0.4 is 0 Å². The van der Waals surface area contributed by atoms with Crippen LogP contribution in [0, 0.1) is 17.6 Å². The summed E-state index contributed by atoms with van der Waals surface area (Å²) in [5, 5.41) is 0. The van der Waals surface area contributed by atoms with Gasteiger partial charge in [-0.1, -0.05) is 13.0 Å². The molecule has 0 N–H and O–H groups in total. The minimum atomic E-state index is -0.682. The Bertz CT molecular complexity index is 537. The molecule has 0 heterocycles. The van der Waals surface area contributed by atoms with E-state index in [1.54, 1.807) is 0 Å². The first-order valence-corrected chi connectivity index (χ1v) is 7.13. The lowest BCUT2D eigenvalue weighted by molar-refractivity contribution is -0.115. The molecule has 1 nitrogen and oxygen atoms in total. The van der Waals surface area contributed by atoms with Gasteiger partial charge in [0.25, 0.3) is 0 Å². The second-order valence-corrected chi connectivity index (χ2v) is 5.88. The summed E-state index contributed by atoms with van der Waals surface area (Å²) in [6.07, 6.45) is 4.23. The highest BCUT2D eigenvalue weighted by Crippen LogP contribution is 2.26. The maximum Gasteiger partial charge on any atom is 0.163 e. The van der Waals surface area contributed by atoms with E-state index in [2.05, 4.69) is 22.9 Å². The third-order valence-corrected chi connectivity index (χ3v) is 4.12. The molecule has 19 heavy (non-hydrogen) atoms. The number of ketones is 1. The van der Waals surface area contributed by atoms with Gasteiger partial charge in [-0.15, -0.1) is 0 Å². The molecule has 102 valence electrons. The molecule has 0 fully saturated rings. The van der Waals surface area contributed by atoms with Crippen molar-refractivity contribution in [2.24, 2.45) is 5.92 Å². The van der Waals surface area contributed by atoms with Gasteiger partial charge in [-0.05, 0) is 58.8 Å². The molecule has 1 aromatic rings. The number of carbonyl (C=O) groups excluding carboxylic acids is 1. The van der Waals surface area contributed by atoms with Crippen LogP contribution in [-0.2, 0) is 11.2 Å². The molecule has 1 unspecified atom stereocenters. The van der Waals surface area contributed by atoms with Gasteiger partial charge in [-0.3, -0.25) is 4.79 Å². The predicted molar refractivity (Wildman–Crippen MR) is 73.9 cm³/mol. The normalized spacial score (nSPS) is 19.2. The number of carbonyl (C=O) groups is 1. The molecular weight excluding hydrogens is 314 g/mol. The van der Waals surface area contributed by atoms with Gasteiger partial charge in [-0.2, -0.15) is 0 Å². The van der Waals surface area contributed by atoms with Crippen molar-refractivity contribution in [3.8, 4) is 0 Å². The van der Waals surface area contributed by atoms with E-state index in [4.69, 9.17) is 0 Å². The molecule has 1 aliphatic carbocycles. The third kappa shape index (κ3) is 3.30. The van der Waals surface area contributed by atoms with E-state index in [0.29, 0.717) is 17.9 Å². The summed E-state index contributed by atoms with van der Waals surface area (Å²) in [6.45, 7) is 2.13. The molecule has 0 radical (unpaired) electrons. The van der Waals surface area contributed by atoms with Crippen molar-refractivity contribution < 1.29 is 13.6 Å². The van der Waals surface area contributed by atoms with Crippen LogP contribution in [0.2, 0.25) is 0 Å². The topological polar surface area (TPSA) is 17.1 Å². The van der Waals surface area contributed by atoms with Crippen LogP contribution >= 0.6 is 15.9 Å². The van der Waals surface area contributed by atoms with Crippen LogP contribution in [0.1, 0.15) is 31.7 Å². The molecule has 4 heteroatoms. The predicted octanol–water partition coefficient (Wildman–Crippen LogP) is 4.59. The van der Waals surface area contributed by atoms with Crippen LogP contribution in [-0.4, -0.2) is 5.78 Å². The van der Waals surface area contributed by atoms with E-state index >= 15 is 0 Å². The quantitative estimate of drug-likeness (QED) is 0.742. The van der Waals surface area contributed by atoms with Crippen molar-refractivity contribution in [2.75, 3.05) is 0 Å². The van der Waals surface area contributed by atoms with Crippen molar-refractivity contribution in [2.45, 2.75) is 32.6 Å². The number of halogens is 3. The maximum atomic E-state index is 13.8. The van der Waals surface area contributed by atoms with E-state index in [1.807, 2.05) is 6.08 Å². The molecule has 0 aliphatic heterocycles. The van der Waals surface area contributed by atoms with E-state index in [9.17, 15) is 13.6 Å². The molecule has 0 spiro atoms. The summed E-state index contributed by atoms with van der Waals surface area (Å²) in [4.78, 5) is 12.1. The molecule has 1 aliphatic rings. The van der Waals surface area contributed by atoms with E-state index in [1.165, 1.54) is 12.1 Å². The lowest BCUT2D eigenvalue weighted by Crippen LogP contribution is -2.13. The fourth-order valence-corrected chi connectivity index (χ4v) is 2.60. The smallest absolute Gasteiger partial charge is 0.163 e. The van der Waals surface area contributed by atoms with Gasteiger partial charge in [0.2, 0.25) is 0 Å². The van der Waals surface area contributed by atoms with Crippen LogP contribution in [0.3, 0.4) is 0 Å². The molecule has 1 atom stereocenters. The lowest BCUT2D eigenvalue weighted by atomic mass is 9.87. The Hall–Kier alpha value is -1.03. The monoisotopic (exact) mass is 328 g/mol. The maximum absolute atomic E-state index is 13.8. The van der Waals surface area contributed by atoms with Crippen molar-refractivity contribution in [1.29, 1.82) is 0 Å². The lowest BCUT2D eigenvalue weighted by Gasteiger charge is -2.17. The number of allylic oxidation sites excluding steroid dienone is 2. The highest BCUT2D eigenvalue weighted by molar-refractivity contribution is 9.10. The highest BCUT2D eigenvalue weighted by Gasteiger charge is 2.20. The van der Waals surface area contributed by atoms with Gasteiger partial charge < -0.3 is 0 Å². The molecular formula is C15H15BrF2O. The summed E-state index contributed by atoms with van der Waals surface area (Å²) < 4.78 is 27.6. The Kier molecular flexibility index (Phi) is 4.50. The molecule has 0 amide bonds. The fraction of sp³-hybridized carbons (Fsp3) is 0.400. The van der Waals surface area contributed by atoms with Gasteiger partial charge in [0.15, 0.2) is 5.78 Å². The van der Waals surface area contributed by atoms with E-state index in [-0.39, 0.29) is 22.2 Å². The largest absolute Gasteiger partial charge is 0.294 e. The van der Waals surface area contributed by atoms with Crippen LogP contribution in [0.15, 0.2) is 28.3 Å². The number of benzene rings is 1. The average molecular weight is 329 g/mol. The fourth-order valence-electron chi connectivity index (χ4n) is 2.22. The minimum absolute atomic E-state index is 0.154. The molecule has 1 aromatic carbocycles. The zero-order valence-corrected chi connectivity index (χ0v) is 12.3. The van der Waals surface area contributed by atoms with Crippen molar-refractivity contribution in [3.63, 3.8) is 0 Å². The van der Waals surface area contributed by atoms with Gasteiger partial charge in [0.1, 0.15) is 11.6 Å². The number of rotatable bonds is 3. The van der Waals surface area contributed by atoms with E-state index in [0.717, 1.165) is 12.8 Å². The first-order valence-electron chi connectivity index (χ1n) is 6.33. The molecule has 0 saturated heterocycles. The minimum Gasteiger partial charge on any atom is -0.294 e. The Morgan fingerprint density at radius 3 is 2.79 bits per heavy atom. The molecule has 0 aromatic heterocycles. The summed E-state index contributed by atoms with van der Waals surface area (Å²) in [5.74, 6) is -0.948. The van der Waals surface area contributed by atoms with Crippen LogP contribution in [0.5, 0.6) is 0 Å². The number of Topliss-reactive ketones (excluding diaryl/α,β-unsaturated/α-hetero) is 1. The van der Waals surface area contributed by atoms with Crippen molar-refractivity contribution in [3.05, 3.63) is 45.5 Å². The first kappa shape index (κ1) is 14.4. The zero-order valence-electron chi connectivity index (χ0n) is 10.7. The molecule has 0 bridgehead atoms. The molecule has 0 saturated carbocycles. The standard InChI is InChI=1S/C15H15BrF2O/c1-9-2-4-10(5-3-9)14(19)8-11-13(17)7-6-12(16)15(11)18/h4,6-7,9H,2-3,5,8H2,1H3. The Labute approximate surface area is 119 Å². The summed E-state index contributed by atoms with van der Waals surface area (Å²) >= 11 is 3.01. The first-order chi connectivity index (χ1) is 8.99. The third-order valence-electron chi connectivity index (χ3n) is 3.51. The summed E-state index contributed by atoms with van der Waals surface area (Å²) in [5.41, 5.74) is 0.552. The molecule has 2 rings (SSSR count). The van der Waals surface area contributed by atoms with Gasteiger partial charge >= 0.3 is 0 Å². The SMILES string of the molecule is CC1CC=C(C(=O)Cc2c(F)ccc(Br)c2F)CC1. The summed E-state index contributed by atoms with van der Waals surface area (Å²) in [7, 11) is 0. The van der Waals surface area contributed by atoms with Gasteiger partial charge in [0.05, 0.1) is 4.47 Å². The van der Waals surface area contributed by atoms with Gasteiger partial charge in [-0.25, -0.2) is 8.78 Å². The Morgan fingerprint density at radius 2 is 2.16 bits per heavy atom. The van der Waals surface area contributed by atoms with Gasteiger partial charge in [0, 0.05) is 12.0 Å². The highest BCUT2D eigenvalue weighted by atomic mass is 79.9. The second-order valence-electron chi connectivity index (χ2n) is 5.03. The van der Waals surface area contributed by atoms with Crippen LogP contribution in [0.25, 0.3) is 0 Å². The second kappa shape index (κ2) is 5.95.